The highest BCUT2D eigenvalue weighted by Gasteiger charge is 2.29. The van der Waals surface area contributed by atoms with Crippen molar-refractivity contribution in [1.82, 2.24) is 0 Å². The number of nitrogens with zero attached hydrogens (tertiary/aromatic N) is 1. The molecule has 0 heterocycles. The van der Waals surface area contributed by atoms with Crippen LogP contribution in [0.25, 0.3) is 11.1 Å². The fourth-order valence-corrected chi connectivity index (χ4v) is 11.8. The molecule has 2 aromatic carbocycles. The van der Waals surface area contributed by atoms with Gasteiger partial charge < -0.3 is 8.85 Å². The third kappa shape index (κ3) is 8.04. The topological polar surface area (TPSA) is 61.6 Å². The van der Waals surface area contributed by atoms with Crippen molar-refractivity contribution >= 4 is 22.3 Å². The number of nitro benzene ring substituents is 1. The van der Waals surface area contributed by atoms with Gasteiger partial charge in [0.15, 0.2) is 22.4 Å². The highest BCUT2D eigenvalue weighted by molar-refractivity contribution is 6.84. The summed E-state index contributed by atoms with van der Waals surface area (Å²) < 4.78 is 12.3. The van der Waals surface area contributed by atoms with Crippen LogP contribution >= 0.6 is 0 Å². The van der Waals surface area contributed by atoms with Crippen LogP contribution in [0.1, 0.15) is 26.2 Å². The molecular formula is C23H34NO4Si2. The molecular weight excluding hydrogens is 410 g/mol. The van der Waals surface area contributed by atoms with Crippen molar-refractivity contribution in [2.24, 2.45) is 0 Å². The Hall–Kier alpha value is -1.97. The van der Waals surface area contributed by atoms with Gasteiger partial charge in [0.25, 0.3) is 0 Å². The Morgan fingerprint density at radius 3 is 2.30 bits per heavy atom. The lowest BCUT2D eigenvalue weighted by molar-refractivity contribution is -0.386. The zero-order valence-corrected chi connectivity index (χ0v) is 21.0. The van der Waals surface area contributed by atoms with Gasteiger partial charge in [-0.15, -0.1) is 0 Å². The van der Waals surface area contributed by atoms with E-state index in [0.29, 0.717) is 5.75 Å². The van der Waals surface area contributed by atoms with Gasteiger partial charge in [0, 0.05) is 6.07 Å². The summed E-state index contributed by atoms with van der Waals surface area (Å²) in [6.07, 6.45) is 2.91. The molecule has 0 aromatic heterocycles. The standard InChI is InChI=1S/C23H34NO4Si2/c1-19(12-10-11-17-30(5,6)28-29(2,3)4)27-23-16-15-21(18-22(23)24(25)26)20-13-8-7-9-14-20/h8-9,13-16,18-19H,10-12,17H2,1-6H3/t19-/m0/s1. The smallest absolute Gasteiger partial charge is 0.311 e. The minimum absolute atomic E-state index is 0.00394. The van der Waals surface area contributed by atoms with Crippen molar-refractivity contribution in [3.63, 3.8) is 0 Å². The Morgan fingerprint density at radius 2 is 1.70 bits per heavy atom. The molecule has 0 aliphatic carbocycles. The summed E-state index contributed by atoms with van der Waals surface area (Å²) in [7, 11) is -3.12. The first-order chi connectivity index (χ1) is 14.0. The molecule has 0 N–H and O–H groups in total. The van der Waals surface area contributed by atoms with Gasteiger partial charge >= 0.3 is 5.69 Å². The maximum absolute atomic E-state index is 11.6. The fourth-order valence-electron chi connectivity index (χ4n) is 3.66. The maximum Gasteiger partial charge on any atom is 0.311 e. The molecule has 2 rings (SSSR count). The van der Waals surface area contributed by atoms with Gasteiger partial charge in [0.05, 0.1) is 11.0 Å². The Morgan fingerprint density at radius 1 is 1.03 bits per heavy atom. The molecule has 0 fully saturated rings. The SMILES string of the molecule is C[C@@H](CCCC[Si](C)(C)O[Si](C)(C)C)Oc1ccc(-c2cc[c]cc2)cc1[N+](=O)[O-]. The van der Waals surface area contributed by atoms with Crippen LogP contribution in [0.3, 0.4) is 0 Å². The zero-order valence-electron chi connectivity index (χ0n) is 19.0. The first kappa shape index (κ1) is 24.3. The molecule has 0 aliphatic rings. The molecule has 1 radical (unpaired) electrons. The van der Waals surface area contributed by atoms with Gasteiger partial charge in [-0.1, -0.05) is 36.8 Å². The van der Waals surface area contributed by atoms with Crippen molar-refractivity contribution in [2.75, 3.05) is 0 Å². The average Bonchev–Trinajstić information content (AvgIpc) is 2.64. The van der Waals surface area contributed by atoms with Gasteiger partial charge in [-0.2, -0.15) is 0 Å². The summed E-state index contributed by atoms with van der Waals surface area (Å²) in [5.74, 6) is 0.329. The van der Waals surface area contributed by atoms with Crippen molar-refractivity contribution in [2.45, 2.75) is 71.1 Å². The fraction of sp³-hybridized carbons (Fsp3) is 0.478. The molecule has 5 nitrogen and oxygen atoms in total. The second kappa shape index (κ2) is 10.4. The van der Waals surface area contributed by atoms with E-state index < -0.39 is 16.6 Å². The Balaban J connectivity index is 1.93. The van der Waals surface area contributed by atoms with E-state index in [1.165, 1.54) is 0 Å². The lowest BCUT2D eigenvalue weighted by Crippen LogP contribution is -2.42. The van der Waals surface area contributed by atoms with Crippen molar-refractivity contribution in [3.05, 3.63) is 58.6 Å². The third-order valence-electron chi connectivity index (χ3n) is 4.76. The molecule has 0 saturated heterocycles. The second-order valence-corrected chi connectivity index (χ2v) is 18.4. The lowest BCUT2D eigenvalue weighted by Gasteiger charge is -2.31. The summed E-state index contributed by atoms with van der Waals surface area (Å²) in [4.78, 5) is 11.2. The molecule has 30 heavy (non-hydrogen) atoms. The number of benzene rings is 2. The van der Waals surface area contributed by atoms with Gasteiger partial charge in [0.1, 0.15) is 0 Å². The van der Waals surface area contributed by atoms with Crippen LogP contribution in [-0.4, -0.2) is 27.7 Å². The van der Waals surface area contributed by atoms with E-state index >= 15 is 0 Å². The Labute approximate surface area is 182 Å². The number of rotatable bonds is 11. The van der Waals surface area contributed by atoms with Crippen LogP contribution in [-0.2, 0) is 4.12 Å². The number of unbranched alkanes of at least 4 members (excludes halogenated alkanes) is 1. The van der Waals surface area contributed by atoms with Gasteiger partial charge in [-0.05, 0) is 81.8 Å². The van der Waals surface area contributed by atoms with Crippen LogP contribution < -0.4 is 4.74 Å². The van der Waals surface area contributed by atoms with Gasteiger partial charge in [-0.25, -0.2) is 0 Å². The summed E-state index contributed by atoms with van der Waals surface area (Å²) in [5.41, 5.74) is 1.72. The van der Waals surface area contributed by atoms with Crippen LogP contribution in [0.5, 0.6) is 5.75 Å². The van der Waals surface area contributed by atoms with Crippen molar-refractivity contribution in [3.8, 4) is 16.9 Å². The van der Waals surface area contributed by atoms with E-state index in [2.05, 4.69) is 38.8 Å². The van der Waals surface area contributed by atoms with Crippen molar-refractivity contribution in [1.29, 1.82) is 0 Å². The van der Waals surface area contributed by atoms with Crippen molar-refractivity contribution < 1.29 is 13.8 Å². The molecule has 0 aliphatic heterocycles. The minimum atomic E-state index is -1.62. The maximum atomic E-state index is 11.6. The largest absolute Gasteiger partial charge is 0.484 e. The second-order valence-electron chi connectivity index (χ2n) is 9.38. The summed E-state index contributed by atoms with van der Waals surface area (Å²) in [5, 5.41) is 11.6. The monoisotopic (exact) mass is 444 g/mol. The highest BCUT2D eigenvalue weighted by atomic mass is 28.4. The number of hydrogen-bond donors (Lipinski definition) is 0. The molecule has 7 heteroatoms. The van der Waals surface area contributed by atoms with Crippen LogP contribution in [0.2, 0.25) is 38.8 Å². The lowest BCUT2D eigenvalue weighted by atomic mass is 10.0. The summed E-state index contributed by atoms with van der Waals surface area (Å²) >= 11 is 0. The molecule has 163 valence electrons. The molecule has 2 aromatic rings. The van der Waals surface area contributed by atoms with E-state index in [9.17, 15) is 10.1 Å². The first-order valence-corrected chi connectivity index (χ1v) is 17.1. The van der Waals surface area contributed by atoms with E-state index in [1.54, 1.807) is 24.3 Å². The van der Waals surface area contributed by atoms with E-state index in [4.69, 9.17) is 8.85 Å². The predicted octanol–water partition coefficient (Wildman–Crippen LogP) is 7.06. The molecule has 0 bridgehead atoms. The molecule has 1 atom stereocenters. The first-order valence-electron chi connectivity index (χ1n) is 10.6. The van der Waals surface area contributed by atoms with Gasteiger partial charge in [0.2, 0.25) is 0 Å². The summed E-state index contributed by atoms with van der Waals surface area (Å²) in [6.45, 7) is 13.3. The van der Waals surface area contributed by atoms with Crippen LogP contribution in [0.15, 0.2) is 42.5 Å². The Bertz CT molecular complexity index is 835. The van der Waals surface area contributed by atoms with Crippen LogP contribution in [0.4, 0.5) is 5.69 Å². The van der Waals surface area contributed by atoms with E-state index in [-0.39, 0.29) is 16.7 Å². The number of nitro groups is 1. The molecule has 0 saturated carbocycles. The van der Waals surface area contributed by atoms with Crippen LogP contribution in [0, 0.1) is 16.2 Å². The molecule has 0 amide bonds. The summed E-state index contributed by atoms with van der Waals surface area (Å²) in [6, 6.07) is 16.6. The quantitative estimate of drug-likeness (QED) is 0.161. The minimum Gasteiger partial charge on any atom is -0.484 e. The Kier molecular flexibility index (Phi) is 8.40. The van der Waals surface area contributed by atoms with Gasteiger partial charge in [-0.3, -0.25) is 10.1 Å². The number of ether oxygens (including phenoxy) is 1. The zero-order chi connectivity index (χ0) is 22.4. The average molecular weight is 445 g/mol. The highest BCUT2D eigenvalue weighted by Crippen LogP contribution is 2.33. The third-order valence-corrected chi connectivity index (χ3v) is 11.0. The normalized spacial score (nSPS) is 13.1. The molecule has 0 spiro atoms. The number of hydrogen-bond acceptors (Lipinski definition) is 4. The van der Waals surface area contributed by atoms with E-state index in [0.717, 1.165) is 36.4 Å². The van der Waals surface area contributed by atoms with E-state index in [1.807, 2.05) is 25.1 Å². The molecule has 0 unspecified atom stereocenters. The predicted molar refractivity (Wildman–Crippen MR) is 128 cm³/mol.